The fraction of sp³-hybridized carbons (Fsp3) is 0.455. The van der Waals surface area contributed by atoms with Crippen LogP contribution in [0.3, 0.4) is 0 Å². The molecule has 1 aliphatic heterocycles. The van der Waals surface area contributed by atoms with Crippen LogP contribution >= 0.6 is 0 Å². The van der Waals surface area contributed by atoms with Crippen LogP contribution in [-0.2, 0) is 9.53 Å². The number of hydrogen-bond donors (Lipinski definition) is 1. The third-order valence-electron chi connectivity index (χ3n) is 4.66. The van der Waals surface area contributed by atoms with Gasteiger partial charge in [-0.2, -0.15) is 0 Å². The van der Waals surface area contributed by atoms with E-state index in [1.807, 2.05) is 24.3 Å². The summed E-state index contributed by atoms with van der Waals surface area (Å²) in [5.41, 5.74) is 0.650. The predicted molar refractivity (Wildman–Crippen MR) is 113 cm³/mol. The van der Waals surface area contributed by atoms with Gasteiger partial charge in [0, 0.05) is 32.1 Å². The first-order valence-corrected chi connectivity index (χ1v) is 10.2. The number of pyridine rings is 1. The maximum atomic E-state index is 12.1. The van der Waals surface area contributed by atoms with Gasteiger partial charge >= 0.3 is 0 Å². The molecule has 8 heteroatoms. The van der Waals surface area contributed by atoms with Gasteiger partial charge in [-0.05, 0) is 36.8 Å². The maximum absolute atomic E-state index is 12.1. The van der Waals surface area contributed by atoms with Gasteiger partial charge in [0.05, 0.1) is 38.8 Å². The number of hydrogen-bond acceptors (Lipinski definition) is 7. The second-order valence-corrected chi connectivity index (χ2v) is 6.86. The Labute approximate surface area is 177 Å². The minimum absolute atomic E-state index is 0.0730. The van der Waals surface area contributed by atoms with Gasteiger partial charge in [-0.1, -0.05) is 0 Å². The summed E-state index contributed by atoms with van der Waals surface area (Å²) in [5.74, 6) is 2.01. The standard InChI is InChI=1S/C22H29N3O5/c1-27-19-5-7-20(8-6-19)29-13-2-3-21(26)24-18-4-9-22(23-17-18)30-16-12-25-10-14-28-15-11-25/h4-9,17H,2-3,10-16H2,1H3,(H,24,26). The molecule has 30 heavy (non-hydrogen) atoms. The normalized spacial score (nSPS) is 14.2. The molecular formula is C22H29N3O5. The topological polar surface area (TPSA) is 82.2 Å². The Balaban J connectivity index is 1.29. The van der Waals surface area contributed by atoms with Crippen LogP contribution in [-0.4, -0.2) is 69.0 Å². The zero-order valence-corrected chi connectivity index (χ0v) is 17.3. The lowest BCUT2D eigenvalue weighted by Crippen LogP contribution is -2.38. The number of anilines is 1. The van der Waals surface area contributed by atoms with E-state index in [0.29, 0.717) is 37.6 Å². The number of nitrogens with one attached hydrogen (secondary N) is 1. The van der Waals surface area contributed by atoms with Crippen molar-refractivity contribution in [3.8, 4) is 17.4 Å². The first-order valence-electron chi connectivity index (χ1n) is 10.2. The predicted octanol–water partition coefficient (Wildman–Crippen LogP) is 2.60. The van der Waals surface area contributed by atoms with E-state index in [1.54, 1.807) is 25.4 Å². The zero-order chi connectivity index (χ0) is 21.0. The highest BCUT2D eigenvalue weighted by Gasteiger charge is 2.10. The molecule has 1 N–H and O–H groups in total. The lowest BCUT2D eigenvalue weighted by Gasteiger charge is -2.26. The van der Waals surface area contributed by atoms with E-state index in [4.69, 9.17) is 18.9 Å². The van der Waals surface area contributed by atoms with Gasteiger partial charge in [0.15, 0.2) is 0 Å². The Hall–Kier alpha value is -2.84. The third kappa shape index (κ3) is 7.53. The summed E-state index contributed by atoms with van der Waals surface area (Å²) in [5, 5.41) is 2.84. The summed E-state index contributed by atoms with van der Waals surface area (Å²) < 4.78 is 21.7. The summed E-state index contributed by atoms with van der Waals surface area (Å²) in [6.07, 6.45) is 2.60. The van der Waals surface area contributed by atoms with Crippen LogP contribution in [0.4, 0.5) is 5.69 Å². The summed E-state index contributed by atoms with van der Waals surface area (Å²) in [6.45, 7) is 5.32. The molecule has 0 aliphatic carbocycles. The van der Waals surface area contributed by atoms with Crippen molar-refractivity contribution in [1.82, 2.24) is 9.88 Å². The molecule has 0 saturated carbocycles. The summed E-state index contributed by atoms with van der Waals surface area (Å²) in [7, 11) is 1.62. The molecule has 0 unspecified atom stereocenters. The minimum atomic E-state index is -0.0730. The fourth-order valence-corrected chi connectivity index (χ4v) is 2.96. The van der Waals surface area contributed by atoms with Gasteiger partial charge in [-0.3, -0.25) is 9.69 Å². The van der Waals surface area contributed by atoms with E-state index >= 15 is 0 Å². The van der Waals surface area contributed by atoms with Crippen molar-refractivity contribution < 1.29 is 23.7 Å². The minimum Gasteiger partial charge on any atom is -0.497 e. The van der Waals surface area contributed by atoms with Gasteiger partial charge < -0.3 is 24.3 Å². The van der Waals surface area contributed by atoms with Gasteiger partial charge in [-0.25, -0.2) is 4.98 Å². The van der Waals surface area contributed by atoms with Crippen molar-refractivity contribution in [2.75, 3.05) is 58.5 Å². The van der Waals surface area contributed by atoms with Crippen LogP contribution in [0.5, 0.6) is 17.4 Å². The molecule has 8 nitrogen and oxygen atoms in total. The van der Waals surface area contributed by atoms with Crippen LogP contribution in [0.2, 0.25) is 0 Å². The summed E-state index contributed by atoms with van der Waals surface area (Å²) in [6, 6.07) is 10.9. The number of rotatable bonds is 11. The molecule has 1 fully saturated rings. The van der Waals surface area contributed by atoms with Crippen molar-refractivity contribution in [1.29, 1.82) is 0 Å². The SMILES string of the molecule is COc1ccc(OCCCC(=O)Nc2ccc(OCCN3CCOCC3)nc2)cc1. The smallest absolute Gasteiger partial charge is 0.224 e. The second-order valence-electron chi connectivity index (χ2n) is 6.86. The van der Waals surface area contributed by atoms with Crippen molar-refractivity contribution in [3.63, 3.8) is 0 Å². The van der Waals surface area contributed by atoms with Crippen molar-refractivity contribution >= 4 is 11.6 Å². The Morgan fingerprint density at radius 3 is 2.53 bits per heavy atom. The van der Waals surface area contributed by atoms with Gasteiger partial charge in [0.1, 0.15) is 18.1 Å². The Bertz CT molecular complexity index is 761. The van der Waals surface area contributed by atoms with Crippen LogP contribution in [0.15, 0.2) is 42.6 Å². The Kier molecular flexibility index (Phi) is 8.74. The molecule has 0 bridgehead atoms. The van der Waals surface area contributed by atoms with Crippen LogP contribution < -0.4 is 19.5 Å². The average Bonchev–Trinajstić information content (AvgIpc) is 2.79. The number of amides is 1. The molecular weight excluding hydrogens is 386 g/mol. The largest absolute Gasteiger partial charge is 0.497 e. The first-order chi connectivity index (χ1) is 14.7. The molecule has 1 amide bonds. The highest BCUT2D eigenvalue weighted by atomic mass is 16.5. The molecule has 2 aromatic rings. The second kappa shape index (κ2) is 12.0. The number of ether oxygens (including phenoxy) is 4. The van der Waals surface area contributed by atoms with Gasteiger partial charge in [-0.15, -0.1) is 0 Å². The van der Waals surface area contributed by atoms with Crippen molar-refractivity contribution in [2.45, 2.75) is 12.8 Å². The number of benzene rings is 1. The van der Waals surface area contributed by atoms with Crippen LogP contribution in [0.1, 0.15) is 12.8 Å². The van der Waals surface area contributed by atoms with Gasteiger partial charge in [0.25, 0.3) is 0 Å². The van der Waals surface area contributed by atoms with Crippen LogP contribution in [0.25, 0.3) is 0 Å². The zero-order valence-electron chi connectivity index (χ0n) is 17.3. The van der Waals surface area contributed by atoms with E-state index in [1.165, 1.54) is 0 Å². The molecule has 0 spiro atoms. The molecule has 2 heterocycles. The quantitative estimate of drug-likeness (QED) is 0.565. The van der Waals surface area contributed by atoms with Crippen LogP contribution in [0, 0.1) is 0 Å². The number of methoxy groups -OCH3 is 1. The summed E-state index contributed by atoms with van der Waals surface area (Å²) >= 11 is 0. The highest BCUT2D eigenvalue weighted by Crippen LogP contribution is 2.17. The average molecular weight is 415 g/mol. The monoisotopic (exact) mass is 415 g/mol. The molecule has 0 atom stereocenters. The Morgan fingerprint density at radius 2 is 1.83 bits per heavy atom. The molecule has 0 radical (unpaired) electrons. The van der Waals surface area contributed by atoms with Gasteiger partial charge in [0.2, 0.25) is 11.8 Å². The van der Waals surface area contributed by atoms with E-state index in [2.05, 4.69) is 15.2 Å². The summed E-state index contributed by atoms with van der Waals surface area (Å²) in [4.78, 5) is 18.6. The van der Waals surface area contributed by atoms with Crippen molar-refractivity contribution in [2.24, 2.45) is 0 Å². The lowest BCUT2D eigenvalue weighted by molar-refractivity contribution is -0.116. The molecule has 1 saturated heterocycles. The maximum Gasteiger partial charge on any atom is 0.224 e. The number of morpholine rings is 1. The molecule has 162 valence electrons. The fourth-order valence-electron chi connectivity index (χ4n) is 2.96. The molecule has 1 aromatic heterocycles. The molecule has 1 aromatic carbocycles. The van der Waals surface area contributed by atoms with E-state index in [-0.39, 0.29) is 5.91 Å². The number of carbonyl (C=O) groups is 1. The van der Waals surface area contributed by atoms with E-state index in [0.717, 1.165) is 44.3 Å². The van der Waals surface area contributed by atoms with E-state index in [9.17, 15) is 4.79 Å². The number of aromatic nitrogens is 1. The number of carbonyl (C=O) groups excluding carboxylic acids is 1. The third-order valence-corrected chi connectivity index (χ3v) is 4.66. The first kappa shape index (κ1) is 21.9. The molecule has 3 rings (SSSR count). The van der Waals surface area contributed by atoms with E-state index < -0.39 is 0 Å². The molecule has 1 aliphatic rings. The number of nitrogens with zero attached hydrogens (tertiary/aromatic N) is 2. The highest BCUT2D eigenvalue weighted by molar-refractivity contribution is 5.90. The lowest BCUT2D eigenvalue weighted by atomic mass is 10.3. The Morgan fingerprint density at radius 1 is 1.07 bits per heavy atom. The van der Waals surface area contributed by atoms with Crippen molar-refractivity contribution in [3.05, 3.63) is 42.6 Å².